The Kier molecular flexibility index (Phi) is 6.50. The highest BCUT2D eigenvalue weighted by molar-refractivity contribution is 8.00. The number of anilines is 3. The molecule has 1 atom stereocenters. The third-order valence-corrected chi connectivity index (χ3v) is 6.91. The van der Waals surface area contributed by atoms with Gasteiger partial charge in [-0.2, -0.15) is 0 Å². The number of morpholine rings is 1. The van der Waals surface area contributed by atoms with Gasteiger partial charge in [0.05, 0.1) is 36.4 Å². The Hall–Kier alpha value is -3.37. The van der Waals surface area contributed by atoms with Crippen LogP contribution in [0.4, 0.5) is 17.3 Å². The molecule has 34 heavy (non-hydrogen) atoms. The van der Waals surface area contributed by atoms with E-state index in [1.165, 1.54) is 11.8 Å². The monoisotopic (exact) mass is 478 g/mol. The second-order valence-electron chi connectivity index (χ2n) is 8.20. The summed E-state index contributed by atoms with van der Waals surface area (Å²) in [6, 6.07) is 17.5. The summed E-state index contributed by atoms with van der Waals surface area (Å²) in [5, 5.41) is 12.0. The quantitative estimate of drug-likeness (QED) is 0.545. The second-order valence-corrected chi connectivity index (χ2v) is 9.51. The summed E-state index contributed by atoms with van der Waals surface area (Å²) in [7, 11) is 0. The third kappa shape index (κ3) is 4.64. The summed E-state index contributed by atoms with van der Waals surface area (Å²) in [6.07, 6.45) is 0. The normalized spacial score (nSPS) is 16.7. The summed E-state index contributed by atoms with van der Waals surface area (Å²) >= 11 is 1.36. The van der Waals surface area contributed by atoms with Crippen molar-refractivity contribution in [3.63, 3.8) is 0 Å². The van der Waals surface area contributed by atoms with Crippen molar-refractivity contribution in [1.82, 2.24) is 14.8 Å². The van der Waals surface area contributed by atoms with E-state index in [1.54, 1.807) is 11.0 Å². The van der Waals surface area contributed by atoms with E-state index in [2.05, 4.69) is 37.1 Å². The van der Waals surface area contributed by atoms with Gasteiger partial charge in [-0.15, -0.1) is 10.2 Å². The molecule has 0 aliphatic carbocycles. The van der Waals surface area contributed by atoms with Gasteiger partial charge in [0.25, 0.3) is 0 Å². The van der Waals surface area contributed by atoms with Crippen LogP contribution in [0.3, 0.4) is 0 Å². The fourth-order valence-electron chi connectivity index (χ4n) is 4.13. The minimum absolute atomic E-state index is 0.00349. The number of nitrogens with zero attached hydrogens (tertiary/aromatic N) is 5. The number of benzene rings is 2. The van der Waals surface area contributed by atoms with Gasteiger partial charge in [-0.25, -0.2) is 0 Å². The molecule has 1 unspecified atom stereocenters. The number of aromatic nitrogens is 3. The Balaban J connectivity index is 1.41. The lowest BCUT2D eigenvalue weighted by molar-refractivity contribution is -0.121. The molecule has 1 aromatic heterocycles. The Bertz CT molecular complexity index is 1180. The first-order valence-electron chi connectivity index (χ1n) is 11.3. The molecule has 0 radical (unpaired) electrons. The van der Waals surface area contributed by atoms with E-state index in [-0.39, 0.29) is 18.4 Å². The first kappa shape index (κ1) is 22.4. The van der Waals surface area contributed by atoms with Crippen molar-refractivity contribution in [2.45, 2.75) is 23.9 Å². The maximum Gasteiger partial charge on any atom is 0.244 e. The highest BCUT2D eigenvalue weighted by Gasteiger charge is 2.31. The zero-order chi connectivity index (χ0) is 23.5. The van der Waals surface area contributed by atoms with Gasteiger partial charge in [0, 0.05) is 13.1 Å². The smallest absolute Gasteiger partial charge is 0.244 e. The van der Waals surface area contributed by atoms with Crippen molar-refractivity contribution < 1.29 is 14.3 Å². The van der Waals surface area contributed by atoms with E-state index in [9.17, 15) is 9.59 Å². The van der Waals surface area contributed by atoms with E-state index in [1.807, 2.05) is 43.3 Å². The molecule has 1 N–H and O–H groups in total. The van der Waals surface area contributed by atoms with Gasteiger partial charge < -0.3 is 15.0 Å². The average Bonchev–Trinajstić information content (AvgIpc) is 3.26. The SMILES string of the molecule is CC(Sc1nnc(N2CCOCC2)n1Cc1ccccc1)C(=O)N1CC(=O)Nc2ccccc21. The van der Waals surface area contributed by atoms with Crippen molar-refractivity contribution in [2.75, 3.05) is 48.0 Å². The molecular formula is C24H26N6O3S. The van der Waals surface area contributed by atoms with Gasteiger partial charge in [-0.1, -0.05) is 54.2 Å². The summed E-state index contributed by atoms with van der Waals surface area (Å²) in [4.78, 5) is 29.3. The van der Waals surface area contributed by atoms with Crippen LogP contribution in [-0.2, 0) is 20.9 Å². The molecule has 5 rings (SSSR count). The first-order chi connectivity index (χ1) is 16.6. The largest absolute Gasteiger partial charge is 0.378 e. The van der Waals surface area contributed by atoms with E-state index in [0.29, 0.717) is 36.3 Å². The first-order valence-corrected chi connectivity index (χ1v) is 12.1. The Morgan fingerprint density at radius 1 is 1.09 bits per heavy atom. The molecule has 176 valence electrons. The predicted molar refractivity (Wildman–Crippen MR) is 131 cm³/mol. The third-order valence-electron chi connectivity index (χ3n) is 5.84. The molecule has 1 fully saturated rings. The lowest BCUT2D eigenvalue weighted by atomic mass is 10.2. The fraction of sp³-hybridized carbons (Fsp3) is 0.333. The molecule has 1 saturated heterocycles. The van der Waals surface area contributed by atoms with Crippen LogP contribution >= 0.6 is 11.8 Å². The minimum atomic E-state index is -0.463. The van der Waals surface area contributed by atoms with Gasteiger partial charge in [0.15, 0.2) is 5.16 Å². The number of amides is 2. The van der Waals surface area contributed by atoms with Crippen molar-refractivity contribution in [3.8, 4) is 0 Å². The maximum atomic E-state index is 13.4. The number of para-hydroxylation sites is 2. The second kappa shape index (κ2) is 9.86. The molecular weight excluding hydrogens is 452 g/mol. The van der Waals surface area contributed by atoms with Crippen LogP contribution < -0.4 is 15.1 Å². The van der Waals surface area contributed by atoms with Crippen molar-refractivity contribution in [2.24, 2.45) is 0 Å². The summed E-state index contributed by atoms with van der Waals surface area (Å²) < 4.78 is 7.56. The number of thioether (sulfide) groups is 1. The summed E-state index contributed by atoms with van der Waals surface area (Å²) in [6.45, 7) is 5.21. The standard InChI is InChI=1S/C24H26N6O3S/c1-17(22(32)29-16-21(31)25-19-9-5-6-10-20(19)29)34-24-27-26-23(28-11-13-33-14-12-28)30(24)15-18-7-3-2-4-8-18/h2-10,17H,11-16H2,1H3,(H,25,31). The number of fused-ring (bicyclic) bond motifs is 1. The highest BCUT2D eigenvalue weighted by atomic mass is 32.2. The molecule has 2 aromatic carbocycles. The van der Waals surface area contributed by atoms with Crippen molar-refractivity contribution in [3.05, 3.63) is 60.2 Å². The van der Waals surface area contributed by atoms with Crippen LogP contribution in [0.15, 0.2) is 59.8 Å². The van der Waals surface area contributed by atoms with E-state index >= 15 is 0 Å². The Morgan fingerprint density at radius 3 is 2.62 bits per heavy atom. The van der Waals surface area contributed by atoms with Crippen LogP contribution in [0.1, 0.15) is 12.5 Å². The number of carbonyl (C=O) groups excluding carboxylic acids is 2. The lowest BCUT2D eigenvalue weighted by Gasteiger charge is -2.31. The lowest BCUT2D eigenvalue weighted by Crippen LogP contribution is -2.45. The van der Waals surface area contributed by atoms with Gasteiger partial charge in [-0.3, -0.25) is 19.1 Å². The minimum Gasteiger partial charge on any atom is -0.378 e. The number of hydrogen-bond donors (Lipinski definition) is 1. The molecule has 2 aliphatic heterocycles. The molecule has 3 heterocycles. The van der Waals surface area contributed by atoms with Crippen LogP contribution in [0.5, 0.6) is 0 Å². The molecule has 0 bridgehead atoms. The summed E-state index contributed by atoms with van der Waals surface area (Å²) in [5.74, 6) is 0.428. The Morgan fingerprint density at radius 2 is 1.82 bits per heavy atom. The van der Waals surface area contributed by atoms with E-state index in [0.717, 1.165) is 24.6 Å². The van der Waals surface area contributed by atoms with Crippen LogP contribution in [0.25, 0.3) is 0 Å². The van der Waals surface area contributed by atoms with Crippen molar-refractivity contribution >= 4 is 40.9 Å². The fourth-order valence-corrected chi connectivity index (χ4v) is 5.03. The average molecular weight is 479 g/mol. The number of hydrogen-bond acceptors (Lipinski definition) is 7. The Labute approximate surface area is 202 Å². The van der Waals surface area contributed by atoms with E-state index in [4.69, 9.17) is 4.74 Å². The molecule has 2 amide bonds. The van der Waals surface area contributed by atoms with Crippen LogP contribution in [0.2, 0.25) is 0 Å². The number of nitrogens with one attached hydrogen (secondary N) is 1. The van der Waals surface area contributed by atoms with Crippen LogP contribution in [-0.4, -0.2) is 64.7 Å². The predicted octanol–water partition coefficient (Wildman–Crippen LogP) is 2.63. The molecule has 0 saturated carbocycles. The van der Waals surface area contributed by atoms with Crippen molar-refractivity contribution in [1.29, 1.82) is 0 Å². The van der Waals surface area contributed by atoms with Gasteiger partial charge >= 0.3 is 0 Å². The topological polar surface area (TPSA) is 92.6 Å². The molecule has 3 aromatic rings. The van der Waals surface area contributed by atoms with Gasteiger partial charge in [-0.05, 0) is 24.6 Å². The molecule has 0 spiro atoms. The van der Waals surface area contributed by atoms with Crippen LogP contribution in [0, 0.1) is 0 Å². The summed E-state index contributed by atoms with van der Waals surface area (Å²) in [5.41, 5.74) is 2.48. The number of carbonyl (C=O) groups is 2. The molecule has 10 heteroatoms. The zero-order valence-corrected chi connectivity index (χ0v) is 19.7. The highest BCUT2D eigenvalue weighted by Crippen LogP contribution is 2.33. The molecule has 9 nitrogen and oxygen atoms in total. The van der Waals surface area contributed by atoms with Gasteiger partial charge in [0.2, 0.25) is 17.8 Å². The number of ether oxygens (including phenoxy) is 1. The molecule has 2 aliphatic rings. The zero-order valence-electron chi connectivity index (χ0n) is 18.9. The van der Waals surface area contributed by atoms with Gasteiger partial charge in [0.1, 0.15) is 6.54 Å². The maximum absolute atomic E-state index is 13.4. The number of rotatable bonds is 6. The van der Waals surface area contributed by atoms with E-state index < -0.39 is 5.25 Å².